The third-order valence-electron chi connectivity index (χ3n) is 4.83. The van der Waals surface area contributed by atoms with Crippen molar-refractivity contribution in [3.63, 3.8) is 0 Å². The Bertz CT molecular complexity index is 1540. The second-order valence-corrected chi connectivity index (χ2v) is 7.48. The lowest BCUT2D eigenvalue weighted by Gasteiger charge is -2.09. The third kappa shape index (κ3) is 3.98. The van der Waals surface area contributed by atoms with Crippen molar-refractivity contribution in [2.75, 3.05) is 0 Å². The first-order valence-electron chi connectivity index (χ1n) is 9.49. The summed E-state index contributed by atoms with van der Waals surface area (Å²) in [5, 5.41) is 8.60. The molecule has 0 radical (unpaired) electrons. The van der Waals surface area contributed by atoms with E-state index in [1.54, 1.807) is 24.3 Å². The van der Waals surface area contributed by atoms with Crippen molar-refractivity contribution < 1.29 is 17.7 Å². The van der Waals surface area contributed by atoms with Gasteiger partial charge < -0.3 is 4.52 Å². The number of hydrogen-bond acceptors (Lipinski definition) is 6. The standard InChI is InChI=1S/C21H12ClF3N6O2/c22-14-5-1-3-12(7-14)18-28-17(33-29-18)10-30-11-26-19-16(20(30)32)9-27-31(19)15-6-2-4-13(8-15)21(23,24)25/h1-9,11H,10H2. The molecule has 8 nitrogen and oxygen atoms in total. The fourth-order valence-electron chi connectivity index (χ4n) is 3.27. The van der Waals surface area contributed by atoms with Gasteiger partial charge in [-0.2, -0.15) is 23.3 Å². The maximum Gasteiger partial charge on any atom is 0.416 e. The van der Waals surface area contributed by atoms with Gasteiger partial charge in [0, 0.05) is 10.6 Å². The van der Waals surface area contributed by atoms with Gasteiger partial charge in [-0.15, -0.1) is 0 Å². The van der Waals surface area contributed by atoms with E-state index in [9.17, 15) is 18.0 Å². The van der Waals surface area contributed by atoms with Crippen LogP contribution in [0.4, 0.5) is 13.2 Å². The van der Waals surface area contributed by atoms with Crippen LogP contribution in [0.2, 0.25) is 5.02 Å². The highest BCUT2D eigenvalue weighted by Crippen LogP contribution is 2.30. The van der Waals surface area contributed by atoms with Crippen LogP contribution in [-0.4, -0.2) is 29.5 Å². The predicted octanol–water partition coefficient (Wildman–Crippen LogP) is 4.35. The normalized spacial score (nSPS) is 11.9. The summed E-state index contributed by atoms with van der Waals surface area (Å²) in [5.74, 6) is 0.477. The summed E-state index contributed by atoms with van der Waals surface area (Å²) in [4.78, 5) is 21.4. The number of nitrogens with zero attached hydrogens (tertiary/aromatic N) is 6. The molecule has 5 rings (SSSR count). The zero-order valence-corrected chi connectivity index (χ0v) is 17.2. The van der Waals surface area contributed by atoms with E-state index in [2.05, 4.69) is 20.2 Å². The zero-order chi connectivity index (χ0) is 23.2. The van der Waals surface area contributed by atoms with Crippen molar-refractivity contribution >= 4 is 22.6 Å². The maximum atomic E-state index is 13.1. The molecule has 0 atom stereocenters. The molecule has 0 aliphatic rings. The van der Waals surface area contributed by atoms with E-state index >= 15 is 0 Å². The summed E-state index contributed by atoms with van der Waals surface area (Å²) in [6.45, 7) is -0.0515. The molecule has 0 fully saturated rings. The number of alkyl halides is 3. The topological polar surface area (TPSA) is 91.6 Å². The summed E-state index contributed by atoms with van der Waals surface area (Å²) in [7, 11) is 0. The van der Waals surface area contributed by atoms with Gasteiger partial charge in [0.05, 0.1) is 17.4 Å². The monoisotopic (exact) mass is 472 g/mol. The second-order valence-electron chi connectivity index (χ2n) is 7.04. The van der Waals surface area contributed by atoms with E-state index in [-0.39, 0.29) is 29.2 Å². The van der Waals surface area contributed by atoms with Crippen LogP contribution < -0.4 is 5.56 Å². The molecule has 3 aromatic heterocycles. The Labute approximate surface area is 187 Å². The first-order chi connectivity index (χ1) is 15.8. The van der Waals surface area contributed by atoms with E-state index in [1.807, 2.05) is 0 Å². The highest BCUT2D eigenvalue weighted by molar-refractivity contribution is 6.30. The van der Waals surface area contributed by atoms with E-state index in [1.165, 1.54) is 33.9 Å². The summed E-state index contributed by atoms with van der Waals surface area (Å²) in [5.41, 5.74) is -0.376. The molecule has 0 bridgehead atoms. The van der Waals surface area contributed by atoms with E-state index < -0.39 is 17.3 Å². The van der Waals surface area contributed by atoms with Crippen LogP contribution in [-0.2, 0) is 12.7 Å². The average molecular weight is 473 g/mol. The fourth-order valence-corrected chi connectivity index (χ4v) is 3.46. The van der Waals surface area contributed by atoms with Crippen molar-refractivity contribution in [2.45, 2.75) is 12.7 Å². The van der Waals surface area contributed by atoms with Crippen molar-refractivity contribution in [1.82, 2.24) is 29.5 Å². The molecule has 0 N–H and O–H groups in total. The maximum absolute atomic E-state index is 13.1. The Balaban J connectivity index is 1.47. The number of rotatable bonds is 4. The summed E-state index contributed by atoms with van der Waals surface area (Å²) >= 11 is 5.98. The molecule has 0 saturated carbocycles. The molecule has 0 saturated heterocycles. The molecule has 3 heterocycles. The molecule has 2 aromatic carbocycles. The molecular weight excluding hydrogens is 461 g/mol. The molecular formula is C21H12ClF3N6O2. The highest BCUT2D eigenvalue weighted by Gasteiger charge is 2.30. The van der Waals surface area contributed by atoms with Crippen molar-refractivity contribution in [1.29, 1.82) is 0 Å². The zero-order valence-electron chi connectivity index (χ0n) is 16.5. The minimum Gasteiger partial charge on any atom is -0.337 e. The Morgan fingerprint density at radius 3 is 2.70 bits per heavy atom. The SMILES string of the molecule is O=c1c2cnn(-c3cccc(C(F)(F)F)c3)c2ncn1Cc1nc(-c2cccc(Cl)c2)no1. The summed E-state index contributed by atoms with van der Waals surface area (Å²) in [6.07, 6.45) is -2.00. The van der Waals surface area contributed by atoms with E-state index in [0.29, 0.717) is 16.4 Å². The summed E-state index contributed by atoms with van der Waals surface area (Å²) in [6, 6.07) is 11.5. The van der Waals surface area contributed by atoms with Crippen LogP contribution in [0.5, 0.6) is 0 Å². The number of halogens is 4. The largest absolute Gasteiger partial charge is 0.416 e. The lowest BCUT2D eigenvalue weighted by atomic mass is 10.2. The van der Waals surface area contributed by atoms with Gasteiger partial charge in [0.2, 0.25) is 11.7 Å². The average Bonchev–Trinajstić information content (AvgIpc) is 3.43. The van der Waals surface area contributed by atoms with Crippen LogP contribution in [0, 0.1) is 0 Å². The first kappa shape index (κ1) is 20.9. The molecule has 0 aliphatic heterocycles. The van der Waals surface area contributed by atoms with Crippen LogP contribution in [0.25, 0.3) is 28.1 Å². The fraction of sp³-hybridized carbons (Fsp3) is 0.0952. The Morgan fingerprint density at radius 1 is 1.09 bits per heavy atom. The van der Waals surface area contributed by atoms with Gasteiger partial charge in [0.1, 0.15) is 18.3 Å². The Hall–Kier alpha value is -3.99. The number of hydrogen-bond donors (Lipinski definition) is 0. The van der Waals surface area contributed by atoms with Crippen LogP contribution in [0.3, 0.4) is 0 Å². The second kappa shape index (κ2) is 7.85. The van der Waals surface area contributed by atoms with Crippen LogP contribution >= 0.6 is 11.6 Å². The third-order valence-corrected chi connectivity index (χ3v) is 5.06. The predicted molar refractivity (Wildman–Crippen MR) is 112 cm³/mol. The highest BCUT2D eigenvalue weighted by atomic mass is 35.5. The molecule has 0 unspecified atom stereocenters. The molecule has 0 aliphatic carbocycles. The van der Waals surface area contributed by atoms with Gasteiger partial charge in [0.25, 0.3) is 5.56 Å². The van der Waals surface area contributed by atoms with Gasteiger partial charge >= 0.3 is 6.18 Å². The number of aromatic nitrogens is 6. The Kier molecular flexibility index (Phi) is 4.97. The molecule has 166 valence electrons. The van der Waals surface area contributed by atoms with Crippen molar-refractivity contribution in [2.24, 2.45) is 0 Å². The van der Waals surface area contributed by atoms with Gasteiger partial charge in [0.15, 0.2) is 5.65 Å². The Morgan fingerprint density at radius 2 is 1.91 bits per heavy atom. The van der Waals surface area contributed by atoms with Gasteiger partial charge in [-0.1, -0.05) is 35.0 Å². The molecule has 0 spiro atoms. The minimum atomic E-state index is -4.51. The van der Waals surface area contributed by atoms with Crippen molar-refractivity contribution in [3.05, 3.63) is 87.9 Å². The van der Waals surface area contributed by atoms with Crippen molar-refractivity contribution in [3.8, 4) is 17.1 Å². The minimum absolute atomic E-state index is 0.0515. The quantitative estimate of drug-likeness (QED) is 0.386. The lowest BCUT2D eigenvalue weighted by Crippen LogP contribution is -2.21. The van der Waals surface area contributed by atoms with Gasteiger partial charge in [-0.05, 0) is 30.3 Å². The van der Waals surface area contributed by atoms with Gasteiger partial charge in [-0.25, -0.2) is 9.67 Å². The molecule has 0 amide bonds. The molecule has 5 aromatic rings. The van der Waals surface area contributed by atoms with E-state index in [0.717, 1.165) is 12.1 Å². The van der Waals surface area contributed by atoms with Gasteiger partial charge in [-0.3, -0.25) is 9.36 Å². The first-order valence-corrected chi connectivity index (χ1v) is 9.87. The molecule has 33 heavy (non-hydrogen) atoms. The van der Waals surface area contributed by atoms with Crippen LogP contribution in [0.15, 0.2) is 70.4 Å². The smallest absolute Gasteiger partial charge is 0.337 e. The number of benzene rings is 2. The van der Waals surface area contributed by atoms with Crippen LogP contribution in [0.1, 0.15) is 11.5 Å². The summed E-state index contributed by atoms with van der Waals surface area (Å²) < 4.78 is 46.8. The molecule has 12 heteroatoms. The van der Waals surface area contributed by atoms with E-state index in [4.69, 9.17) is 16.1 Å². The number of fused-ring (bicyclic) bond motifs is 1. The lowest BCUT2D eigenvalue weighted by molar-refractivity contribution is -0.137.